The van der Waals surface area contributed by atoms with Crippen LogP contribution in [0.5, 0.6) is 5.75 Å². The number of amides is 1. The molecule has 0 spiro atoms. The minimum absolute atomic E-state index is 0.0536. The Balaban J connectivity index is 1.48. The molecule has 2 saturated carbocycles. The number of methoxy groups -OCH3 is 1. The molecule has 1 aromatic heterocycles. The highest BCUT2D eigenvalue weighted by Crippen LogP contribution is 2.66. The van der Waals surface area contributed by atoms with E-state index < -0.39 is 5.41 Å². The van der Waals surface area contributed by atoms with Crippen LogP contribution in [-0.4, -0.2) is 59.9 Å². The summed E-state index contributed by atoms with van der Waals surface area (Å²) in [4.78, 5) is 28.7. The average molecular weight is 515 g/mol. The predicted octanol–water partition coefficient (Wildman–Crippen LogP) is 5.19. The number of esters is 1. The minimum Gasteiger partial charge on any atom is -0.508 e. The Bertz CT molecular complexity index is 1450. The lowest BCUT2D eigenvalue weighted by atomic mass is 9.81. The fourth-order valence-corrected chi connectivity index (χ4v) is 7.49. The zero-order chi connectivity index (χ0) is 26.0. The lowest BCUT2D eigenvalue weighted by molar-refractivity contribution is -0.141. The second-order valence-electron chi connectivity index (χ2n) is 11.5. The van der Waals surface area contributed by atoms with Gasteiger partial charge in [-0.25, -0.2) is 4.79 Å². The molecule has 0 bridgehead atoms. The molecule has 2 aliphatic carbocycles. The topological polar surface area (TPSA) is 81.0 Å². The third-order valence-electron chi connectivity index (χ3n) is 9.44. The maximum absolute atomic E-state index is 14.2. The quantitative estimate of drug-likeness (QED) is 0.487. The zero-order valence-corrected chi connectivity index (χ0v) is 21.9. The number of nitrogens with zero attached hydrogens (tertiary/aromatic N) is 2. The van der Waals surface area contributed by atoms with E-state index >= 15 is 0 Å². The van der Waals surface area contributed by atoms with Gasteiger partial charge in [-0.3, -0.25) is 4.79 Å². The number of ether oxygens (including phenoxy) is 2. The standard InChI is InChI=1S/C31H34N2O5/c1-37-29(35)20-7-9-23-26(15-20)33-18-31(30(36)32-11-13-38-14-12-32)17-25(31)24-16-21(34)8-10-22(24)28(33)27(23)19-5-3-2-4-6-19/h7-10,15-16,19,25,34H,2-6,11-14,17-18H2,1H3. The zero-order valence-electron chi connectivity index (χ0n) is 21.9. The van der Waals surface area contributed by atoms with Crippen molar-refractivity contribution in [1.82, 2.24) is 9.47 Å². The van der Waals surface area contributed by atoms with Gasteiger partial charge in [0.25, 0.3) is 0 Å². The number of carbonyl (C=O) groups is 2. The third-order valence-corrected chi connectivity index (χ3v) is 9.44. The van der Waals surface area contributed by atoms with Crippen LogP contribution in [0.2, 0.25) is 0 Å². The molecule has 2 aliphatic heterocycles. The number of carbonyl (C=O) groups excluding carboxylic acids is 2. The van der Waals surface area contributed by atoms with E-state index in [0.29, 0.717) is 44.3 Å². The number of aromatic nitrogens is 1. The van der Waals surface area contributed by atoms with Gasteiger partial charge in [-0.2, -0.15) is 0 Å². The largest absolute Gasteiger partial charge is 0.508 e. The minimum atomic E-state index is -0.567. The number of morpholine rings is 1. The van der Waals surface area contributed by atoms with Crippen molar-refractivity contribution in [3.8, 4) is 17.0 Å². The molecule has 2 atom stereocenters. The van der Waals surface area contributed by atoms with Crippen LogP contribution in [-0.2, 0) is 20.8 Å². The summed E-state index contributed by atoms with van der Waals surface area (Å²) in [6, 6.07) is 11.6. The van der Waals surface area contributed by atoms with E-state index in [2.05, 4.69) is 10.6 Å². The lowest BCUT2D eigenvalue weighted by Gasteiger charge is -2.31. The number of hydrogen-bond donors (Lipinski definition) is 1. The summed E-state index contributed by atoms with van der Waals surface area (Å²) >= 11 is 0. The van der Waals surface area contributed by atoms with E-state index in [4.69, 9.17) is 9.47 Å². The predicted molar refractivity (Wildman–Crippen MR) is 143 cm³/mol. The molecule has 3 aromatic rings. The Morgan fingerprint density at radius 2 is 1.84 bits per heavy atom. The van der Waals surface area contributed by atoms with Gasteiger partial charge in [-0.1, -0.05) is 25.3 Å². The van der Waals surface area contributed by atoms with Crippen LogP contribution in [0.15, 0.2) is 36.4 Å². The summed E-state index contributed by atoms with van der Waals surface area (Å²) in [7, 11) is 1.41. The monoisotopic (exact) mass is 514 g/mol. The molecule has 2 aromatic carbocycles. The van der Waals surface area contributed by atoms with Crippen molar-refractivity contribution in [1.29, 1.82) is 0 Å². The van der Waals surface area contributed by atoms with Gasteiger partial charge in [0.05, 0.1) is 37.0 Å². The Kier molecular flexibility index (Phi) is 5.55. The fourth-order valence-electron chi connectivity index (χ4n) is 7.49. The van der Waals surface area contributed by atoms with Gasteiger partial charge >= 0.3 is 5.97 Å². The van der Waals surface area contributed by atoms with Gasteiger partial charge in [0, 0.05) is 42.0 Å². The normalized spacial score (nSPS) is 24.8. The Labute approximate surface area is 222 Å². The highest BCUT2D eigenvalue weighted by molar-refractivity contribution is 6.00. The molecule has 7 rings (SSSR count). The van der Waals surface area contributed by atoms with Gasteiger partial charge < -0.3 is 24.0 Å². The van der Waals surface area contributed by atoms with Crippen LogP contribution in [0.4, 0.5) is 0 Å². The number of hydrogen-bond acceptors (Lipinski definition) is 5. The van der Waals surface area contributed by atoms with E-state index in [1.165, 1.54) is 31.9 Å². The van der Waals surface area contributed by atoms with Crippen molar-refractivity contribution >= 4 is 22.8 Å². The van der Waals surface area contributed by atoms with Crippen LogP contribution in [0.3, 0.4) is 0 Å². The maximum Gasteiger partial charge on any atom is 0.337 e. The number of aromatic hydroxyl groups is 1. The molecule has 2 unspecified atom stereocenters. The first-order valence-electron chi connectivity index (χ1n) is 14.0. The summed E-state index contributed by atoms with van der Waals surface area (Å²) in [6.07, 6.45) is 6.72. The SMILES string of the molecule is COC(=O)c1ccc2c(C3CCCCC3)c3n(c2c1)CC1(C(=O)N2CCOCC2)CC1c1cc(O)ccc1-3. The van der Waals surface area contributed by atoms with Crippen molar-refractivity contribution < 1.29 is 24.2 Å². The smallest absolute Gasteiger partial charge is 0.337 e. The van der Waals surface area contributed by atoms with Crippen molar-refractivity contribution in [2.75, 3.05) is 33.4 Å². The van der Waals surface area contributed by atoms with Crippen LogP contribution in [0.25, 0.3) is 22.2 Å². The van der Waals surface area contributed by atoms with Crippen LogP contribution >= 0.6 is 0 Å². The second-order valence-corrected chi connectivity index (χ2v) is 11.5. The van der Waals surface area contributed by atoms with Gasteiger partial charge in [-0.05, 0) is 66.6 Å². The van der Waals surface area contributed by atoms with E-state index in [0.717, 1.165) is 47.0 Å². The molecule has 0 radical (unpaired) electrons. The molecule has 3 heterocycles. The van der Waals surface area contributed by atoms with E-state index in [1.807, 2.05) is 29.2 Å². The van der Waals surface area contributed by atoms with E-state index in [1.54, 1.807) is 6.07 Å². The first kappa shape index (κ1) is 23.8. The molecule has 7 nitrogen and oxygen atoms in total. The van der Waals surface area contributed by atoms with Crippen LogP contribution in [0, 0.1) is 5.41 Å². The second kappa shape index (κ2) is 8.87. The highest BCUT2D eigenvalue weighted by Gasteiger charge is 2.63. The number of phenolic OH excluding ortho intramolecular Hbond substituents is 1. The van der Waals surface area contributed by atoms with Gasteiger partial charge in [0.15, 0.2) is 0 Å². The molecule has 1 N–H and O–H groups in total. The number of fused-ring (bicyclic) bond motifs is 7. The van der Waals surface area contributed by atoms with Gasteiger partial charge in [0.1, 0.15) is 5.75 Å². The first-order chi connectivity index (χ1) is 18.5. The maximum atomic E-state index is 14.2. The summed E-state index contributed by atoms with van der Waals surface area (Å²) in [6.45, 7) is 2.91. The van der Waals surface area contributed by atoms with Gasteiger partial charge in [-0.15, -0.1) is 0 Å². The first-order valence-corrected chi connectivity index (χ1v) is 14.0. The van der Waals surface area contributed by atoms with Crippen molar-refractivity contribution in [3.05, 3.63) is 53.1 Å². The van der Waals surface area contributed by atoms with Crippen molar-refractivity contribution in [2.24, 2.45) is 5.41 Å². The molecule has 1 saturated heterocycles. The molecule has 38 heavy (non-hydrogen) atoms. The summed E-state index contributed by atoms with van der Waals surface area (Å²) in [5.41, 5.74) is 5.61. The Morgan fingerprint density at radius 3 is 2.61 bits per heavy atom. The van der Waals surface area contributed by atoms with E-state index in [9.17, 15) is 14.7 Å². The third kappa shape index (κ3) is 3.51. The molecule has 198 valence electrons. The number of phenols is 1. The van der Waals surface area contributed by atoms with Crippen molar-refractivity contribution in [3.63, 3.8) is 0 Å². The highest BCUT2D eigenvalue weighted by atomic mass is 16.5. The molecule has 3 fully saturated rings. The average Bonchev–Trinajstić information content (AvgIpc) is 3.63. The Morgan fingerprint density at radius 1 is 1.05 bits per heavy atom. The summed E-state index contributed by atoms with van der Waals surface area (Å²) < 4.78 is 12.9. The van der Waals surface area contributed by atoms with Gasteiger partial charge in [0.2, 0.25) is 5.91 Å². The Hall–Kier alpha value is -3.32. The van der Waals surface area contributed by atoms with Crippen LogP contribution in [0.1, 0.15) is 71.8 Å². The van der Waals surface area contributed by atoms with E-state index in [-0.39, 0.29) is 23.5 Å². The lowest BCUT2D eigenvalue weighted by Crippen LogP contribution is -2.45. The molecule has 1 amide bonds. The molecular weight excluding hydrogens is 480 g/mol. The molecular formula is C31H34N2O5. The van der Waals surface area contributed by atoms with Crippen molar-refractivity contribution in [2.45, 2.75) is 56.9 Å². The summed E-state index contributed by atoms with van der Waals surface area (Å²) in [5.74, 6) is 0.536. The molecule has 4 aliphatic rings. The summed E-state index contributed by atoms with van der Waals surface area (Å²) in [5, 5.41) is 11.7. The molecule has 7 heteroatoms. The number of benzene rings is 2. The van der Waals surface area contributed by atoms with Crippen LogP contribution < -0.4 is 0 Å². The fraction of sp³-hybridized carbons (Fsp3) is 0.484. The number of rotatable bonds is 3.